The Morgan fingerprint density at radius 3 is 2.42 bits per heavy atom. The van der Waals surface area contributed by atoms with Crippen molar-refractivity contribution in [3.05, 3.63) is 35.4 Å². The molecule has 146 valence electrons. The zero-order valence-electron chi connectivity index (χ0n) is 15.7. The SMILES string of the molecule is CC1CN(C(C(=O)NCC(O)c2ccc(F)c(F)c2)C(C)C)CC(C)O1. The number of hydrogen-bond acceptors (Lipinski definition) is 4. The molecule has 7 heteroatoms. The Hall–Kier alpha value is -1.57. The molecule has 1 aromatic carbocycles. The highest BCUT2D eigenvalue weighted by Crippen LogP contribution is 2.20. The number of morpholine rings is 1. The molecule has 1 fully saturated rings. The predicted molar refractivity (Wildman–Crippen MR) is 94.5 cm³/mol. The van der Waals surface area contributed by atoms with Crippen LogP contribution in [0.1, 0.15) is 39.4 Å². The minimum atomic E-state index is -1.11. The van der Waals surface area contributed by atoms with Crippen molar-refractivity contribution in [3.63, 3.8) is 0 Å². The highest BCUT2D eigenvalue weighted by molar-refractivity contribution is 5.82. The molecule has 0 spiro atoms. The van der Waals surface area contributed by atoms with Crippen LogP contribution in [0.15, 0.2) is 18.2 Å². The van der Waals surface area contributed by atoms with Crippen LogP contribution in [-0.4, -0.2) is 53.8 Å². The van der Waals surface area contributed by atoms with Crippen molar-refractivity contribution in [2.24, 2.45) is 5.92 Å². The Labute approximate surface area is 153 Å². The molecular formula is C19H28F2N2O3. The fourth-order valence-corrected chi connectivity index (χ4v) is 3.47. The van der Waals surface area contributed by atoms with E-state index in [1.165, 1.54) is 6.07 Å². The molecule has 1 saturated heterocycles. The highest BCUT2D eigenvalue weighted by Gasteiger charge is 2.34. The summed E-state index contributed by atoms with van der Waals surface area (Å²) in [6, 6.07) is 2.86. The number of nitrogens with zero attached hydrogens (tertiary/aromatic N) is 1. The first kappa shape index (κ1) is 20.7. The van der Waals surface area contributed by atoms with E-state index in [-0.39, 0.29) is 42.2 Å². The zero-order valence-corrected chi connectivity index (χ0v) is 15.7. The maximum atomic E-state index is 13.3. The molecule has 1 aliphatic heterocycles. The van der Waals surface area contributed by atoms with Gasteiger partial charge in [0.1, 0.15) is 0 Å². The summed E-state index contributed by atoms with van der Waals surface area (Å²) in [6.45, 7) is 9.15. The summed E-state index contributed by atoms with van der Waals surface area (Å²) in [7, 11) is 0. The summed E-state index contributed by atoms with van der Waals surface area (Å²) in [5.74, 6) is -2.11. The van der Waals surface area contributed by atoms with Crippen molar-refractivity contribution in [1.82, 2.24) is 10.2 Å². The molecule has 0 aromatic heterocycles. The molecule has 0 aliphatic carbocycles. The van der Waals surface area contributed by atoms with Gasteiger partial charge in [-0.25, -0.2) is 8.78 Å². The van der Waals surface area contributed by atoms with E-state index in [4.69, 9.17) is 4.74 Å². The van der Waals surface area contributed by atoms with Gasteiger partial charge in [0.2, 0.25) is 5.91 Å². The Kier molecular flexibility index (Phi) is 7.08. The van der Waals surface area contributed by atoms with E-state index in [2.05, 4.69) is 10.2 Å². The fourth-order valence-electron chi connectivity index (χ4n) is 3.47. The van der Waals surface area contributed by atoms with E-state index in [1.54, 1.807) is 0 Å². The van der Waals surface area contributed by atoms with Gasteiger partial charge in [0, 0.05) is 19.6 Å². The summed E-state index contributed by atoms with van der Waals surface area (Å²) in [4.78, 5) is 14.8. The quantitative estimate of drug-likeness (QED) is 0.806. The van der Waals surface area contributed by atoms with Gasteiger partial charge in [0.05, 0.1) is 24.4 Å². The number of ether oxygens (including phenoxy) is 1. The molecule has 4 unspecified atom stereocenters. The standard InChI is InChI=1S/C19H28F2N2O3/c1-11(2)18(23-9-12(3)26-13(4)10-23)19(25)22-8-17(24)14-5-6-15(20)16(21)7-14/h5-7,11-13,17-18,24H,8-10H2,1-4H3,(H,22,25). The number of hydrogen-bond donors (Lipinski definition) is 2. The monoisotopic (exact) mass is 370 g/mol. The lowest BCUT2D eigenvalue weighted by Crippen LogP contribution is -2.57. The third kappa shape index (κ3) is 5.22. The van der Waals surface area contributed by atoms with Crippen LogP contribution in [0.2, 0.25) is 0 Å². The Bertz CT molecular complexity index is 617. The Balaban J connectivity index is 1.99. The van der Waals surface area contributed by atoms with Gasteiger partial charge in [-0.2, -0.15) is 0 Å². The van der Waals surface area contributed by atoms with Crippen LogP contribution in [0.5, 0.6) is 0 Å². The van der Waals surface area contributed by atoms with Crippen LogP contribution in [0.25, 0.3) is 0 Å². The molecule has 0 radical (unpaired) electrons. The maximum Gasteiger partial charge on any atom is 0.237 e. The smallest absolute Gasteiger partial charge is 0.237 e. The average Bonchev–Trinajstić information content (AvgIpc) is 2.54. The van der Waals surface area contributed by atoms with Crippen molar-refractivity contribution >= 4 is 5.91 Å². The van der Waals surface area contributed by atoms with Crippen molar-refractivity contribution in [2.75, 3.05) is 19.6 Å². The van der Waals surface area contributed by atoms with E-state index in [1.807, 2.05) is 27.7 Å². The number of aliphatic hydroxyl groups excluding tert-OH is 1. The van der Waals surface area contributed by atoms with E-state index in [0.29, 0.717) is 13.1 Å². The zero-order chi connectivity index (χ0) is 19.4. The number of aliphatic hydroxyl groups is 1. The highest BCUT2D eigenvalue weighted by atomic mass is 19.2. The molecule has 5 nitrogen and oxygen atoms in total. The minimum absolute atomic E-state index is 0.0422. The molecule has 1 aromatic rings. The van der Waals surface area contributed by atoms with Crippen molar-refractivity contribution < 1.29 is 23.4 Å². The molecule has 4 atom stereocenters. The summed E-state index contributed by atoms with van der Waals surface area (Å²) in [5, 5.41) is 12.9. The lowest BCUT2D eigenvalue weighted by molar-refractivity contribution is -0.135. The van der Waals surface area contributed by atoms with Crippen molar-refractivity contribution in [2.45, 2.75) is 52.0 Å². The van der Waals surface area contributed by atoms with E-state index < -0.39 is 17.7 Å². The normalized spacial score (nSPS) is 23.7. The predicted octanol–water partition coefficient (Wildman–Crippen LogP) is 2.25. The second-order valence-electron chi connectivity index (χ2n) is 7.33. The number of halogens is 2. The van der Waals surface area contributed by atoms with Crippen LogP contribution in [-0.2, 0) is 9.53 Å². The first-order valence-electron chi connectivity index (χ1n) is 8.99. The fraction of sp³-hybridized carbons (Fsp3) is 0.632. The van der Waals surface area contributed by atoms with Gasteiger partial charge >= 0.3 is 0 Å². The number of carbonyl (C=O) groups is 1. The van der Waals surface area contributed by atoms with Crippen LogP contribution >= 0.6 is 0 Å². The lowest BCUT2D eigenvalue weighted by Gasteiger charge is -2.41. The van der Waals surface area contributed by atoms with E-state index in [9.17, 15) is 18.7 Å². The topological polar surface area (TPSA) is 61.8 Å². The van der Waals surface area contributed by atoms with Gasteiger partial charge in [-0.3, -0.25) is 9.69 Å². The second-order valence-corrected chi connectivity index (χ2v) is 7.33. The molecular weight excluding hydrogens is 342 g/mol. The summed E-state index contributed by atoms with van der Waals surface area (Å²) < 4.78 is 32.0. The lowest BCUT2D eigenvalue weighted by atomic mass is 9.99. The van der Waals surface area contributed by atoms with E-state index in [0.717, 1.165) is 12.1 Å². The van der Waals surface area contributed by atoms with Gasteiger partial charge in [-0.15, -0.1) is 0 Å². The molecule has 1 heterocycles. The van der Waals surface area contributed by atoms with Crippen molar-refractivity contribution in [3.8, 4) is 0 Å². The van der Waals surface area contributed by atoms with Gasteiger partial charge in [0.15, 0.2) is 11.6 Å². The number of carbonyl (C=O) groups excluding carboxylic acids is 1. The number of nitrogens with one attached hydrogen (secondary N) is 1. The summed E-state index contributed by atoms with van der Waals surface area (Å²) in [6.07, 6.45) is -1.02. The number of benzene rings is 1. The van der Waals surface area contributed by atoms with E-state index >= 15 is 0 Å². The molecule has 2 N–H and O–H groups in total. The first-order chi connectivity index (χ1) is 12.2. The third-order valence-electron chi connectivity index (χ3n) is 4.54. The summed E-state index contributed by atoms with van der Waals surface area (Å²) >= 11 is 0. The Morgan fingerprint density at radius 1 is 1.27 bits per heavy atom. The molecule has 0 bridgehead atoms. The first-order valence-corrected chi connectivity index (χ1v) is 8.99. The third-order valence-corrected chi connectivity index (χ3v) is 4.54. The second kappa shape index (κ2) is 8.88. The largest absolute Gasteiger partial charge is 0.387 e. The molecule has 1 aliphatic rings. The average molecular weight is 370 g/mol. The van der Waals surface area contributed by atoms with Crippen LogP contribution in [0.4, 0.5) is 8.78 Å². The molecule has 0 saturated carbocycles. The summed E-state index contributed by atoms with van der Waals surface area (Å²) in [5.41, 5.74) is 0.221. The maximum absolute atomic E-state index is 13.3. The van der Waals surface area contributed by atoms with Crippen LogP contribution in [0, 0.1) is 17.6 Å². The molecule has 26 heavy (non-hydrogen) atoms. The van der Waals surface area contributed by atoms with Gasteiger partial charge in [0.25, 0.3) is 0 Å². The van der Waals surface area contributed by atoms with Gasteiger partial charge in [-0.05, 0) is 37.5 Å². The minimum Gasteiger partial charge on any atom is -0.387 e. The Morgan fingerprint density at radius 2 is 1.88 bits per heavy atom. The molecule has 1 amide bonds. The van der Waals surface area contributed by atoms with Gasteiger partial charge in [-0.1, -0.05) is 19.9 Å². The van der Waals surface area contributed by atoms with Gasteiger partial charge < -0.3 is 15.2 Å². The van der Waals surface area contributed by atoms with Crippen LogP contribution in [0.3, 0.4) is 0 Å². The molecule has 2 rings (SSSR count). The number of amides is 1. The number of rotatable bonds is 6. The van der Waals surface area contributed by atoms with Crippen LogP contribution < -0.4 is 5.32 Å². The van der Waals surface area contributed by atoms with Crippen molar-refractivity contribution in [1.29, 1.82) is 0 Å².